The van der Waals surface area contributed by atoms with Crippen LogP contribution in [-0.2, 0) is 11.8 Å². The van der Waals surface area contributed by atoms with Crippen molar-refractivity contribution in [3.05, 3.63) is 16.9 Å². The molecule has 1 aliphatic rings. The fraction of sp³-hybridized carbons (Fsp3) is 0.750. The lowest BCUT2D eigenvalue weighted by Crippen LogP contribution is -2.45. The molecule has 0 bridgehead atoms. The minimum atomic E-state index is -0.204. The standard InChI is InChI=1S/C12H20ClN3O/c1-12(6-4-5-7-17-12)11(14-2)10-9(13)8-15-16(10)3/h8,11,14H,4-7H2,1-3H3. The fourth-order valence-corrected chi connectivity index (χ4v) is 2.93. The molecule has 0 spiro atoms. The molecule has 1 saturated heterocycles. The number of nitrogens with zero attached hydrogens (tertiary/aromatic N) is 2. The maximum atomic E-state index is 6.22. The molecule has 4 nitrogen and oxygen atoms in total. The van der Waals surface area contributed by atoms with Gasteiger partial charge in [-0.3, -0.25) is 4.68 Å². The highest BCUT2D eigenvalue weighted by Crippen LogP contribution is 2.38. The molecule has 2 unspecified atom stereocenters. The lowest BCUT2D eigenvalue weighted by molar-refractivity contribution is -0.0898. The second kappa shape index (κ2) is 4.96. The molecule has 2 atom stereocenters. The second-order valence-electron chi connectivity index (χ2n) is 4.84. The van der Waals surface area contributed by atoms with Crippen molar-refractivity contribution in [2.75, 3.05) is 13.7 Å². The molecule has 17 heavy (non-hydrogen) atoms. The van der Waals surface area contributed by atoms with Crippen molar-refractivity contribution in [2.24, 2.45) is 7.05 Å². The first-order valence-corrected chi connectivity index (χ1v) is 6.45. The van der Waals surface area contributed by atoms with Gasteiger partial charge in [-0.1, -0.05) is 11.6 Å². The van der Waals surface area contributed by atoms with Gasteiger partial charge in [0.25, 0.3) is 0 Å². The summed E-state index contributed by atoms with van der Waals surface area (Å²) in [5.74, 6) is 0. The molecular formula is C12H20ClN3O. The largest absolute Gasteiger partial charge is 0.373 e. The summed E-state index contributed by atoms with van der Waals surface area (Å²) in [6.45, 7) is 2.97. The SMILES string of the molecule is CNC(c1c(Cl)cnn1C)C1(C)CCCCO1. The Morgan fingerprint density at radius 1 is 1.59 bits per heavy atom. The average molecular weight is 258 g/mol. The lowest BCUT2D eigenvalue weighted by Gasteiger charge is -2.40. The second-order valence-corrected chi connectivity index (χ2v) is 5.25. The molecular weight excluding hydrogens is 238 g/mol. The van der Waals surface area contributed by atoms with Crippen molar-refractivity contribution in [2.45, 2.75) is 37.8 Å². The van der Waals surface area contributed by atoms with E-state index in [-0.39, 0.29) is 11.6 Å². The molecule has 1 fully saturated rings. The van der Waals surface area contributed by atoms with Crippen molar-refractivity contribution >= 4 is 11.6 Å². The summed E-state index contributed by atoms with van der Waals surface area (Å²) in [7, 11) is 3.86. The van der Waals surface area contributed by atoms with Gasteiger partial charge in [0.1, 0.15) is 0 Å². The third-order valence-corrected chi connectivity index (χ3v) is 3.90. The first-order chi connectivity index (χ1) is 8.08. The van der Waals surface area contributed by atoms with Crippen LogP contribution in [0.4, 0.5) is 0 Å². The monoisotopic (exact) mass is 257 g/mol. The highest BCUT2D eigenvalue weighted by Gasteiger charge is 2.39. The Bertz CT molecular complexity index is 366. The van der Waals surface area contributed by atoms with Crippen molar-refractivity contribution in [3.63, 3.8) is 0 Å². The van der Waals surface area contributed by atoms with E-state index in [2.05, 4.69) is 17.3 Å². The molecule has 2 heterocycles. The quantitative estimate of drug-likeness (QED) is 0.903. The Labute approximate surface area is 107 Å². The highest BCUT2D eigenvalue weighted by molar-refractivity contribution is 6.31. The van der Waals surface area contributed by atoms with E-state index < -0.39 is 0 Å². The zero-order valence-electron chi connectivity index (χ0n) is 10.7. The van der Waals surface area contributed by atoms with Crippen LogP contribution in [0.5, 0.6) is 0 Å². The van der Waals surface area contributed by atoms with E-state index in [9.17, 15) is 0 Å². The van der Waals surface area contributed by atoms with E-state index in [1.807, 2.05) is 18.8 Å². The van der Waals surface area contributed by atoms with Crippen LogP contribution in [0.15, 0.2) is 6.20 Å². The Balaban J connectivity index is 2.32. The highest BCUT2D eigenvalue weighted by atomic mass is 35.5. The lowest BCUT2D eigenvalue weighted by atomic mass is 9.86. The Hall–Kier alpha value is -0.580. The van der Waals surface area contributed by atoms with Crippen LogP contribution in [0.3, 0.4) is 0 Å². The van der Waals surface area contributed by atoms with Crippen LogP contribution < -0.4 is 5.32 Å². The minimum Gasteiger partial charge on any atom is -0.373 e. The molecule has 0 saturated carbocycles. The maximum absolute atomic E-state index is 6.22. The van der Waals surface area contributed by atoms with E-state index in [0.29, 0.717) is 5.02 Å². The molecule has 0 aromatic carbocycles. The zero-order valence-corrected chi connectivity index (χ0v) is 11.4. The molecule has 1 N–H and O–H groups in total. The van der Waals surface area contributed by atoms with Gasteiger partial charge in [-0.2, -0.15) is 5.10 Å². The van der Waals surface area contributed by atoms with Gasteiger partial charge < -0.3 is 10.1 Å². The van der Waals surface area contributed by atoms with Gasteiger partial charge >= 0.3 is 0 Å². The molecule has 5 heteroatoms. The zero-order chi connectivity index (χ0) is 12.5. The number of likely N-dealkylation sites (N-methyl/N-ethyl adjacent to an activating group) is 1. The summed E-state index contributed by atoms with van der Waals surface area (Å²) in [6, 6.07) is 0.0720. The first-order valence-electron chi connectivity index (χ1n) is 6.07. The maximum Gasteiger partial charge on any atom is 0.0864 e. The number of aromatic nitrogens is 2. The van der Waals surface area contributed by atoms with Crippen molar-refractivity contribution in [1.29, 1.82) is 0 Å². The van der Waals surface area contributed by atoms with Crippen molar-refractivity contribution < 1.29 is 4.74 Å². The Kier molecular flexibility index (Phi) is 3.76. The molecule has 0 aliphatic carbocycles. The third-order valence-electron chi connectivity index (χ3n) is 3.61. The molecule has 1 aromatic heterocycles. The van der Waals surface area contributed by atoms with E-state index in [4.69, 9.17) is 16.3 Å². The van der Waals surface area contributed by atoms with Crippen LogP contribution in [0.2, 0.25) is 5.02 Å². The number of nitrogens with one attached hydrogen (secondary N) is 1. The van der Waals surface area contributed by atoms with E-state index >= 15 is 0 Å². The van der Waals surface area contributed by atoms with Crippen LogP contribution in [0.1, 0.15) is 37.9 Å². The summed E-state index contributed by atoms with van der Waals surface area (Å²) in [5, 5.41) is 8.22. The third kappa shape index (κ3) is 2.34. The normalized spacial score (nSPS) is 27.1. The van der Waals surface area contributed by atoms with Crippen molar-refractivity contribution in [1.82, 2.24) is 15.1 Å². The Morgan fingerprint density at radius 3 is 2.82 bits per heavy atom. The summed E-state index contributed by atoms with van der Waals surface area (Å²) in [4.78, 5) is 0. The average Bonchev–Trinajstić information content (AvgIpc) is 2.63. The van der Waals surface area contributed by atoms with Crippen LogP contribution in [0, 0.1) is 0 Å². The topological polar surface area (TPSA) is 39.1 Å². The van der Waals surface area contributed by atoms with Crippen LogP contribution >= 0.6 is 11.6 Å². The predicted octanol–water partition coefficient (Wildman–Crippen LogP) is 2.29. The van der Waals surface area contributed by atoms with E-state index in [1.165, 1.54) is 6.42 Å². The van der Waals surface area contributed by atoms with Crippen LogP contribution in [-0.4, -0.2) is 29.0 Å². The molecule has 96 valence electrons. The summed E-state index contributed by atoms with van der Waals surface area (Å²) >= 11 is 6.22. The molecule has 0 radical (unpaired) electrons. The number of aryl methyl sites for hydroxylation is 1. The number of halogens is 1. The smallest absolute Gasteiger partial charge is 0.0864 e. The molecule has 2 rings (SSSR count). The first kappa shape index (κ1) is 12.9. The van der Waals surface area contributed by atoms with Gasteiger partial charge in [0.05, 0.1) is 28.6 Å². The van der Waals surface area contributed by atoms with Gasteiger partial charge in [0.2, 0.25) is 0 Å². The van der Waals surface area contributed by atoms with E-state index in [0.717, 1.165) is 25.1 Å². The minimum absolute atomic E-state index is 0.0720. The number of hydrogen-bond donors (Lipinski definition) is 1. The number of ether oxygens (including phenoxy) is 1. The summed E-state index contributed by atoms with van der Waals surface area (Å²) < 4.78 is 7.82. The molecule has 1 aliphatic heterocycles. The Morgan fingerprint density at radius 2 is 2.35 bits per heavy atom. The van der Waals surface area contributed by atoms with Crippen LogP contribution in [0.25, 0.3) is 0 Å². The van der Waals surface area contributed by atoms with Gasteiger partial charge in [0, 0.05) is 13.7 Å². The van der Waals surface area contributed by atoms with Gasteiger partial charge in [-0.05, 0) is 33.2 Å². The van der Waals surface area contributed by atoms with Crippen molar-refractivity contribution in [3.8, 4) is 0 Å². The van der Waals surface area contributed by atoms with Gasteiger partial charge in [0.15, 0.2) is 0 Å². The number of rotatable bonds is 3. The summed E-state index contributed by atoms with van der Waals surface area (Å²) in [5.41, 5.74) is 0.795. The van der Waals surface area contributed by atoms with Gasteiger partial charge in [-0.15, -0.1) is 0 Å². The molecule has 0 amide bonds. The van der Waals surface area contributed by atoms with E-state index in [1.54, 1.807) is 6.20 Å². The number of hydrogen-bond acceptors (Lipinski definition) is 3. The van der Waals surface area contributed by atoms with Gasteiger partial charge in [-0.25, -0.2) is 0 Å². The summed E-state index contributed by atoms with van der Waals surface area (Å²) in [6.07, 6.45) is 5.07. The fourth-order valence-electron chi connectivity index (χ4n) is 2.66. The molecule has 1 aromatic rings. The predicted molar refractivity (Wildman–Crippen MR) is 68.2 cm³/mol.